The Kier molecular flexibility index (Phi) is 5.12. The first-order chi connectivity index (χ1) is 14.1. The van der Waals surface area contributed by atoms with Crippen LogP contribution in [0.2, 0.25) is 0 Å². The number of phenolic OH excluding ortho intramolecular Hbond substituents is 1. The lowest BCUT2D eigenvalue weighted by molar-refractivity contribution is 0.171. The van der Waals surface area contributed by atoms with Crippen LogP contribution in [0.25, 0.3) is 22.4 Å². The Hall–Kier alpha value is -3.48. The van der Waals surface area contributed by atoms with E-state index < -0.39 is 0 Å². The first-order valence-corrected chi connectivity index (χ1v) is 9.62. The third-order valence-corrected chi connectivity index (χ3v) is 4.78. The van der Waals surface area contributed by atoms with Gasteiger partial charge < -0.3 is 25.1 Å². The number of nitrogens with zero attached hydrogens (tertiary/aromatic N) is 2. The molecule has 0 bridgehead atoms. The van der Waals surface area contributed by atoms with Crippen LogP contribution in [0.1, 0.15) is 19.4 Å². The molecule has 0 radical (unpaired) electrons. The molecule has 3 aromatic rings. The van der Waals surface area contributed by atoms with Crippen molar-refractivity contribution >= 4 is 5.95 Å². The summed E-state index contributed by atoms with van der Waals surface area (Å²) in [5, 5.41) is 10.7. The van der Waals surface area contributed by atoms with Crippen molar-refractivity contribution in [3.8, 4) is 45.4 Å². The number of nitrogens with two attached hydrogens (primary N) is 1. The standard InChI is InChI=1S/C22H23N3O4/c1-3-13-9-15(17(26)11-19(13)27-4-2)21-16(12-24-22(23)25-21)14-5-6-18-20(10-14)29-8-7-28-18/h5-6,9-12,26H,3-4,7-8H2,1-2H3,(H2,23,24,25). The van der Waals surface area contributed by atoms with Crippen LogP contribution in [-0.4, -0.2) is 34.9 Å². The van der Waals surface area contributed by atoms with Crippen LogP contribution in [0.4, 0.5) is 5.95 Å². The molecule has 1 aliphatic rings. The van der Waals surface area contributed by atoms with Gasteiger partial charge in [-0.1, -0.05) is 13.0 Å². The van der Waals surface area contributed by atoms with E-state index in [1.807, 2.05) is 38.1 Å². The summed E-state index contributed by atoms with van der Waals surface area (Å²) in [4.78, 5) is 8.60. The van der Waals surface area contributed by atoms with Gasteiger partial charge in [0, 0.05) is 23.4 Å². The summed E-state index contributed by atoms with van der Waals surface area (Å²) in [7, 11) is 0. The average Bonchev–Trinajstić information content (AvgIpc) is 2.74. The predicted molar refractivity (Wildman–Crippen MR) is 111 cm³/mol. The molecular formula is C22H23N3O4. The number of aromatic hydroxyl groups is 1. The lowest BCUT2D eigenvalue weighted by Gasteiger charge is -2.19. The molecule has 2 heterocycles. The Morgan fingerprint density at radius 1 is 1.07 bits per heavy atom. The second-order valence-electron chi connectivity index (χ2n) is 6.61. The highest BCUT2D eigenvalue weighted by atomic mass is 16.6. The molecule has 2 aromatic carbocycles. The van der Waals surface area contributed by atoms with Gasteiger partial charge in [-0.05, 0) is 42.7 Å². The van der Waals surface area contributed by atoms with Crippen molar-refractivity contribution in [2.45, 2.75) is 20.3 Å². The van der Waals surface area contributed by atoms with Crippen LogP contribution >= 0.6 is 0 Å². The van der Waals surface area contributed by atoms with E-state index in [9.17, 15) is 5.11 Å². The lowest BCUT2D eigenvalue weighted by atomic mass is 9.97. The maximum absolute atomic E-state index is 10.7. The van der Waals surface area contributed by atoms with E-state index in [0.717, 1.165) is 23.1 Å². The summed E-state index contributed by atoms with van der Waals surface area (Å²) in [6.45, 7) is 5.50. The van der Waals surface area contributed by atoms with E-state index in [1.54, 1.807) is 12.3 Å². The SMILES string of the molecule is CCOc1cc(O)c(-c2nc(N)ncc2-c2ccc3c(c2)OCCO3)cc1CC. The molecular weight excluding hydrogens is 370 g/mol. The van der Waals surface area contributed by atoms with Gasteiger partial charge in [-0.3, -0.25) is 0 Å². The number of aryl methyl sites for hydroxylation is 1. The summed E-state index contributed by atoms with van der Waals surface area (Å²) < 4.78 is 17.0. The van der Waals surface area contributed by atoms with Crippen molar-refractivity contribution < 1.29 is 19.3 Å². The Balaban J connectivity index is 1.87. The van der Waals surface area contributed by atoms with Crippen molar-refractivity contribution in [3.05, 3.63) is 42.1 Å². The molecule has 7 heteroatoms. The number of ether oxygens (including phenoxy) is 3. The number of fused-ring (bicyclic) bond motifs is 1. The monoisotopic (exact) mass is 393 g/mol. The minimum Gasteiger partial charge on any atom is -0.507 e. The van der Waals surface area contributed by atoms with Crippen LogP contribution in [0.5, 0.6) is 23.0 Å². The summed E-state index contributed by atoms with van der Waals surface area (Å²) in [6.07, 6.45) is 2.41. The third-order valence-electron chi connectivity index (χ3n) is 4.78. The molecule has 0 fully saturated rings. The van der Waals surface area contributed by atoms with Crippen LogP contribution in [0.15, 0.2) is 36.5 Å². The van der Waals surface area contributed by atoms with Gasteiger partial charge in [0.05, 0.1) is 12.3 Å². The van der Waals surface area contributed by atoms with E-state index in [0.29, 0.717) is 48.3 Å². The first kappa shape index (κ1) is 18.9. The fourth-order valence-electron chi connectivity index (χ4n) is 3.39. The van der Waals surface area contributed by atoms with E-state index in [2.05, 4.69) is 9.97 Å². The number of rotatable bonds is 5. The minimum absolute atomic E-state index is 0.0718. The van der Waals surface area contributed by atoms with Gasteiger partial charge in [0.25, 0.3) is 0 Å². The van der Waals surface area contributed by atoms with Crippen molar-refractivity contribution in [3.63, 3.8) is 0 Å². The van der Waals surface area contributed by atoms with Crippen molar-refractivity contribution in [1.82, 2.24) is 9.97 Å². The van der Waals surface area contributed by atoms with Gasteiger partial charge in [-0.25, -0.2) is 9.97 Å². The van der Waals surface area contributed by atoms with Crippen molar-refractivity contribution in [1.29, 1.82) is 0 Å². The molecule has 0 unspecified atom stereocenters. The van der Waals surface area contributed by atoms with Crippen LogP contribution < -0.4 is 19.9 Å². The zero-order valence-corrected chi connectivity index (χ0v) is 16.4. The maximum atomic E-state index is 10.7. The summed E-state index contributed by atoms with van der Waals surface area (Å²) in [5.41, 5.74) is 9.55. The van der Waals surface area contributed by atoms with Gasteiger partial charge in [-0.2, -0.15) is 0 Å². The highest BCUT2D eigenvalue weighted by Crippen LogP contribution is 2.41. The summed E-state index contributed by atoms with van der Waals surface area (Å²) in [5.74, 6) is 2.24. The van der Waals surface area contributed by atoms with Gasteiger partial charge >= 0.3 is 0 Å². The number of nitrogen functional groups attached to an aromatic ring is 1. The van der Waals surface area contributed by atoms with E-state index in [4.69, 9.17) is 19.9 Å². The number of aromatic nitrogens is 2. The minimum atomic E-state index is 0.0718. The fraction of sp³-hybridized carbons (Fsp3) is 0.273. The van der Waals surface area contributed by atoms with Gasteiger partial charge in [0.15, 0.2) is 11.5 Å². The third kappa shape index (κ3) is 3.63. The van der Waals surface area contributed by atoms with E-state index in [1.165, 1.54) is 0 Å². The van der Waals surface area contributed by atoms with Crippen LogP contribution in [0, 0.1) is 0 Å². The van der Waals surface area contributed by atoms with Gasteiger partial charge in [0.2, 0.25) is 5.95 Å². The van der Waals surface area contributed by atoms with E-state index in [-0.39, 0.29) is 11.7 Å². The molecule has 0 spiro atoms. The quantitative estimate of drug-likeness (QED) is 0.679. The molecule has 1 aromatic heterocycles. The number of phenols is 1. The molecule has 0 saturated heterocycles. The Morgan fingerprint density at radius 2 is 1.86 bits per heavy atom. The smallest absolute Gasteiger partial charge is 0.220 e. The Morgan fingerprint density at radius 3 is 2.62 bits per heavy atom. The zero-order valence-electron chi connectivity index (χ0n) is 16.4. The average molecular weight is 393 g/mol. The number of anilines is 1. The second-order valence-corrected chi connectivity index (χ2v) is 6.61. The van der Waals surface area contributed by atoms with Crippen LogP contribution in [-0.2, 0) is 6.42 Å². The van der Waals surface area contributed by atoms with Crippen LogP contribution in [0.3, 0.4) is 0 Å². The maximum Gasteiger partial charge on any atom is 0.220 e. The zero-order chi connectivity index (χ0) is 20.4. The largest absolute Gasteiger partial charge is 0.507 e. The second kappa shape index (κ2) is 7.87. The lowest BCUT2D eigenvalue weighted by Crippen LogP contribution is -2.15. The number of benzene rings is 2. The predicted octanol–water partition coefficient (Wildman–Crippen LogP) is 3.83. The molecule has 0 aliphatic carbocycles. The molecule has 0 amide bonds. The molecule has 29 heavy (non-hydrogen) atoms. The van der Waals surface area contributed by atoms with Gasteiger partial charge in [0.1, 0.15) is 24.7 Å². The Bertz CT molecular complexity index is 1050. The Labute approximate surface area is 169 Å². The summed E-state index contributed by atoms with van der Waals surface area (Å²) in [6, 6.07) is 9.18. The topological polar surface area (TPSA) is 99.7 Å². The first-order valence-electron chi connectivity index (χ1n) is 9.62. The highest BCUT2D eigenvalue weighted by Gasteiger charge is 2.19. The number of hydrogen-bond donors (Lipinski definition) is 2. The highest BCUT2D eigenvalue weighted by molar-refractivity contribution is 5.85. The van der Waals surface area contributed by atoms with Crippen molar-refractivity contribution in [2.24, 2.45) is 0 Å². The molecule has 1 aliphatic heterocycles. The molecule has 0 atom stereocenters. The normalized spacial score (nSPS) is 12.6. The van der Waals surface area contributed by atoms with Crippen molar-refractivity contribution in [2.75, 3.05) is 25.6 Å². The molecule has 4 rings (SSSR count). The number of hydrogen-bond acceptors (Lipinski definition) is 7. The molecule has 150 valence electrons. The van der Waals surface area contributed by atoms with Gasteiger partial charge in [-0.15, -0.1) is 0 Å². The molecule has 3 N–H and O–H groups in total. The fourth-order valence-corrected chi connectivity index (χ4v) is 3.39. The summed E-state index contributed by atoms with van der Waals surface area (Å²) >= 11 is 0. The molecule has 7 nitrogen and oxygen atoms in total. The van der Waals surface area contributed by atoms with E-state index >= 15 is 0 Å². The molecule has 0 saturated carbocycles.